The van der Waals surface area contributed by atoms with E-state index in [4.69, 9.17) is 4.42 Å². The van der Waals surface area contributed by atoms with Gasteiger partial charge in [0.2, 0.25) is 0 Å². The van der Waals surface area contributed by atoms with E-state index >= 15 is 0 Å². The Bertz CT molecular complexity index is 3540. The number of hydrogen-bond donors (Lipinski definition) is 0. The Morgan fingerprint density at radius 2 is 1.00 bits per heavy atom. The van der Waals surface area contributed by atoms with Gasteiger partial charge in [0.15, 0.2) is 0 Å². The molecular formula is C54H33NOS. The molecule has 0 aliphatic heterocycles. The summed E-state index contributed by atoms with van der Waals surface area (Å²) in [6, 6.07) is 72.8. The second-order valence-corrected chi connectivity index (χ2v) is 16.0. The summed E-state index contributed by atoms with van der Waals surface area (Å²) >= 11 is 1.85. The molecule has 0 radical (unpaired) electrons. The Morgan fingerprint density at radius 1 is 0.351 bits per heavy atom. The van der Waals surface area contributed by atoms with E-state index in [2.05, 4.69) is 205 Å². The van der Waals surface area contributed by atoms with Gasteiger partial charge in [0.05, 0.1) is 0 Å². The SMILES string of the molecule is c1cc(-c2cccc3oc4c5ccccc5ccc4c23)cc(N(c2ccc(-c3ccc4c(ccc5ccccc54)c3)cc2)c2ccc3sc4ccccc4c3c2)c1. The van der Waals surface area contributed by atoms with Crippen LogP contribution in [0.3, 0.4) is 0 Å². The lowest BCUT2D eigenvalue weighted by Crippen LogP contribution is -2.10. The predicted octanol–water partition coefficient (Wildman–Crippen LogP) is 16.2. The van der Waals surface area contributed by atoms with Crippen molar-refractivity contribution in [2.45, 2.75) is 0 Å². The van der Waals surface area contributed by atoms with Crippen molar-refractivity contribution in [2.24, 2.45) is 0 Å². The van der Waals surface area contributed by atoms with Crippen LogP contribution in [0.25, 0.3) is 96.7 Å². The lowest BCUT2D eigenvalue weighted by atomic mass is 9.97. The minimum atomic E-state index is 0.897. The summed E-state index contributed by atoms with van der Waals surface area (Å²) in [6.07, 6.45) is 0. The van der Waals surface area contributed by atoms with Crippen LogP contribution in [0.2, 0.25) is 0 Å². The molecule has 12 aromatic rings. The monoisotopic (exact) mass is 743 g/mol. The molecule has 0 saturated carbocycles. The maximum absolute atomic E-state index is 6.59. The van der Waals surface area contributed by atoms with Crippen molar-refractivity contribution >= 4 is 103 Å². The smallest absolute Gasteiger partial charge is 0.143 e. The molecule has 2 aromatic heterocycles. The molecule has 0 spiro atoms. The Labute approximate surface area is 333 Å². The van der Waals surface area contributed by atoms with Crippen LogP contribution in [0.1, 0.15) is 0 Å². The molecule has 266 valence electrons. The van der Waals surface area contributed by atoms with E-state index < -0.39 is 0 Å². The molecule has 57 heavy (non-hydrogen) atoms. The first kappa shape index (κ1) is 32.1. The van der Waals surface area contributed by atoms with Crippen LogP contribution in [0.4, 0.5) is 17.1 Å². The summed E-state index contributed by atoms with van der Waals surface area (Å²) in [6.45, 7) is 0. The highest BCUT2D eigenvalue weighted by Crippen LogP contribution is 2.44. The van der Waals surface area contributed by atoms with Gasteiger partial charge in [0.1, 0.15) is 11.2 Å². The Kier molecular flexibility index (Phi) is 7.13. The first-order valence-electron chi connectivity index (χ1n) is 19.4. The van der Waals surface area contributed by atoms with Crippen molar-refractivity contribution in [3.05, 3.63) is 200 Å². The van der Waals surface area contributed by atoms with E-state index in [0.717, 1.165) is 55.5 Å². The molecule has 0 fully saturated rings. The van der Waals surface area contributed by atoms with Crippen molar-refractivity contribution in [3.8, 4) is 22.3 Å². The summed E-state index contributed by atoms with van der Waals surface area (Å²) in [5.41, 5.74) is 9.82. The van der Waals surface area contributed by atoms with Crippen LogP contribution in [0, 0.1) is 0 Å². The predicted molar refractivity (Wildman–Crippen MR) is 245 cm³/mol. The van der Waals surface area contributed by atoms with Crippen LogP contribution < -0.4 is 4.90 Å². The average Bonchev–Trinajstić information content (AvgIpc) is 3.85. The molecular weight excluding hydrogens is 711 g/mol. The van der Waals surface area contributed by atoms with Gasteiger partial charge in [-0.3, -0.25) is 0 Å². The molecule has 2 heterocycles. The van der Waals surface area contributed by atoms with Crippen molar-refractivity contribution < 1.29 is 4.42 Å². The number of benzene rings is 10. The van der Waals surface area contributed by atoms with Crippen LogP contribution in [0.5, 0.6) is 0 Å². The number of thiophene rings is 1. The van der Waals surface area contributed by atoms with Gasteiger partial charge in [-0.05, 0) is 116 Å². The summed E-state index contributed by atoms with van der Waals surface area (Å²) in [5.74, 6) is 0. The van der Waals surface area contributed by atoms with Gasteiger partial charge in [-0.25, -0.2) is 0 Å². The number of furan rings is 1. The third kappa shape index (κ3) is 5.17. The summed E-state index contributed by atoms with van der Waals surface area (Å²) in [4.78, 5) is 2.40. The minimum absolute atomic E-state index is 0.897. The summed E-state index contributed by atoms with van der Waals surface area (Å²) < 4.78 is 9.19. The minimum Gasteiger partial charge on any atom is -0.455 e. The molecule has 3 heteroatoms. The number of rotatable bonds is 5. The molecule has 0 bridgehead atoms. The van der Waals surface area contributed by atoms with E-state index in [1.807, 2.05) is 11.3 Å². The highest BCUT2D eigenvalue weighted by molar-refractivity contribution is 7.25. The number of fused-ring (bicyclic) bond motifs is 11. The first-order chi connectivity index (χ1) is 28.2. The number of nitrogens with zero attached hydrogens (tertiary/aromatic N) is 1. The summed E-state index contributed by atoms with van der Waals surface area (Å²) in [5, 5.41) is 12.2. The molecule has 12 rings (SSSR count). The highest BCUT2D eigenvalue weighted by Gasteiger charge is 2.19. The topological polar surface area (TPSA) is 16.4 Å². The standard InChI is InChI=1S/C54H33NOS/c1-3-13-43-35(9-1)19-20-39-31-37(24-28-44(39)43)34-21-25-40(26-22-34)55(42-27-30-52-49(33-42)47-15-5-6-18-51(47)57-52)41-12-7-11-38(32-41)45-16-8-17-50-53(45)48-29-23-36-10-2-4-14-46(36)54(48)56-50/h1-33H. The third-order valence-electron chi connectivity index (χ3n) is 11.6. The van der Waals surface area contributed by atoms with Gasteiger partial charge >= 0.3 is 0 Å². The van der Waals surface area contributed by atoms with Gasteiger partial charge in [0, 0.05) is 53.4 Å². The van der Waals surface area contributed by atoms with Gasteiger partial charge in [0.25, 0.3) is 0 Å². The zero-order valence-electron chi connectivity index (χ0n) is 30.8. The van der Waals surface area contributed by atoms with Crippen LogP contribution in [-0.2, 0) is 0 Å². The maximum atomic E-state index is 6.59. The van der Waals surface area contributed by atoms with Gasteiger partial charge in [-0.1, -0.05) is 133 Å². The van der Waals surface area contributed by atoms with Crippen LogP contribution in [0.15, 0.2) is 205 Å². The zero-order valence-corrected chi connectivity index (χ0v) is 31.6. The normalized spacial score (nSPS) is 11.9. The van der Waals surface area contributed by atoms with Gasteiger partial charge in [-0.2, -0.15) is 0 Å². The van der Waals surface area contributed by atoms with E-state index in [9.17, 15) is 0 Å². The fraction of sp³-hybridized carbons (Fsp3) is 0. The van der Waals surface area contributed by atoms with Gasteiger partial charge < -0.3 is 9.32 Å². The molecule has 0 amide bonds. The fourth-order valence-electron chi connectivity index (χ4n) is 8.90. The van der Waals surface area contributed by atoms with E-state index in [1.165, 1.54) is 58.2 Å². The fourth-order valence-corrected chi connectivity index (χ4v) is 9.99. The Morgan fingerprint density at radius 3 is 1.89 bits per heavy atom. The maximum Gasteiger partial charge on any atom is 0.143 e. The first-order valence-corrected chi connectivity index (χ1v) is 20.2. The van der Waals surface area contributed by atoms with E-state index in [1.54, 1.807) is 0 Å². The van der Waals surface area contributed by atoms with Gasteiger partial charge in [-0.15, -0.1) is 11.3 Å². The van der Waals surface area contributed by atoms with Crippen LogP contribution in [-0.4, -0.2) is 0 Å². The quantitative estimate of drug-likeness (QED) is 0.163. The lowest BCUT2D eigenvalue weighted by Gasteiger charge is -2.26. The molecule has 10 aromatic carbocycles. The summed E-state index contributed by atoms with van der Waals surface area (Å²) in [7, 11) is 0. The van der Waals surface area contributed by atoms with Crippen molar-refractivity contribution in [1.29, 1.82) is 0 Å². The molecule has 2 nitrogen and oxygen atoms in total. The number of anilines is 3. The molecule has 0 N–H and O–H groups in total. The van der Waals surface area contributed by atoms with Crippen molar-refractivity contribution in [1.82, 2.24) is 0 Å². The molecule has 0 unspecified atom stereocenters. The zero-order chi connectivity index (χ0) is 37.5. The average molecular weight is 744 g/mol. The third-order valence-corrected chi connectivity index (χ3v) is 12.8. The van der Waals surface area contributed by atoms with Crippen molar-refractivity contribution in [3.63, 3.8) is 0 Å². The highest BCUT2D eigenvalue weighted by atomic mass is 32.1. The molecule has 0 aliphatic carbocycles. The molecule has 0 atom stereocenters. The van der Waals surface area contributed by atoms with E-state index in [-0.39, 0.29) is 0 Å². The molecule has 0 saturated heterocycles. The second-order valence-electron chi connectivity index (χ2n) is 14.9. The second kappa shape index (κ2) is 12.7. The van der Waals surface area contributed by atoms with E-state index in [0.29, 0.717) is 0 Å². The van der Waals surface area contributed by atoms with Crippen molar-refractivity contribution in [2.75, 3.05) is 4.90 Å². The Balaban J connectivity index is 1.01. The van der Waals surface area contributed by atoms with Crippen LogP contribution >= 0.6 is 11.3 Å². The molecule has 0 aliphatic rings. The Hall–Kier alpha value is -7.20. The largest absolute Gasteiger partial charge is 0.455 e. The lowest BCUT2D eigenvalue weighted by molar-refractivity contribution is 0.673. The number of hydrogen-bond acceptors (Lipinski definition) is 3.